The average Bonchev–Trinajstić information content (AvgIpc) is 3.06. The lowest BCUT2D eigenvalue weighted by atomic mass is 10.0. The van der Waals surface area contributed by atoms with Crippen molar-refractivity contribution in [3.8, 4) is 5.75 Å². The van der Waals surface area contributed by atoms with Crippen LogP contribution in [0.4, 0.5) is 5.69 Å². The number of benzene rings is 2. The van der Waals surface area contributed by atoms with Gasteiger partial charge in [0.1, 0.15) is 5.75 Å². The van der Waals surface area contributed by atoms with E-state index in [4.69, 9.17) is 16.3 Å². The summed E-state index contributed by atoms with van der Waals surface area (Å²) in [5.74, 6) is 0.846. The zero-order chi connectivity index (χ0) is 17.6. The number of anilines is 1. The molecule has 1 unspecified atom stereocenters. The van der Waals surface area contributed by atoms with E-state index in [2.05, 4.69) is 22.3 Å². The van der Waals surface area contributed by atoms with Gasteiger partial charge in [0.25, 0.3) is 0 Å². The smallest absolute Gasteiger partial charge is 0.238 e. The van der Waals surface area contributed by atoms with Crippen molar-refractivity contribution < 1.29 is 9.53 Å². The number of carbonyl (C=O) groups is 1. The largest absolute Gasteiger partial charge is 0.494 e. The second-order valence-electron chi connectivity index (χ2n) is 6.16. The van der Waals surface area contributed by atoms with E-state index >= 15 is 0 Å². The van der Waals surface area contributed by atoms with Gasteiger partial charge in [-0.3, -0.25) is 9.69 Å². The number of amides is 1. The Morgan fingerprint density at radius 2 is 2.00 bits per heavy atom. The Bertz CT molecular complexity index is 718. The number of nitrogens with zero attached hydrogens (tertiary/aromatic N) is 1. The van der Waals surface area contributed by atoms with Crippen molar-refractivity contribution in [2.24, 2.45) is 0 Å². The molecular weight excluding hydrogens is 336 g/mol. The molecule has 4 nitrogen and oxygen atoms in total. The Kier molecular flexibility index (Phi) is 5.95. The third-order valence-corrected chi connectivity index (χ3v) is 4.76. The van der Waals surface area contributed by atoms with E-state index in [1.54, 1.807) is 6.07 Å². The number of carbonyl (C=O) groups excluding carboxylic acids is 1. The molecule has 2 aromatic rings. The Labute approximate surface area is 153 Å². The summed E-state index contributed by atoms with van der Waals surface area (Å²) in [6, 6.07) is 15.8. The number of likely N-dealkylation sites (tertiary alicyclic amines) is 1. The van der Waals surface area contributed by atoms with Gasteiger partial charge in [0.2, 0.25) is 5.91 Å². The molecule has 0 saturated carbocycles. The van der Waals surface area contributed by atoms with Gasteiger partial charge in [-0.05, 0) is 56.1 Å². The van der Waals surface area contributed by atoms with Gasteiger partial charge < -0.3 is 10.1 Å². The normalized spacial score (nSPS) is 17.4. The van der Waals surface area contributed by atoms with Crippen LogP contribution >= 0.6 is 11.6 Å². The molecule has 0 spiro atoms. The van der Waals surface area contributed by atoms with Gasteiger partial charge in [-0.15, -0.1) is 0 Å². The van der Waals surface area contributed by atoms with Crippen molar-refractivity contribution >= 4 is 23.2 Å². The molecule has 1 N–H and O–H groups in total. The fourth-order valence-corrected chi connectivity index (χ4v) is 3.47. The molecule has 1 aliphatic rings. The van der Waals surface area contributed by atoms with Crippen molar-refractivity contribution in [3.05, 3.63) is 59.1 Å². The first kappa shape index (κ1) is 17.8. The van der Waals surface area contributed by atoms with Crippen LogP contribution in [0.2, 0.25) is 5.02 Å². The minimum absolute atomic E-state index is 0.0362. The van der Waals surface area contributed by atoms with E-state index in [1.807, 2.05) is 37.3 Å². The maximum Gasteiger partial charge on any atom is 0.238 e. The van der Waals surface area contributed by atoms with Gasteiger partial charge in [0, 0.05) is 6.04 Å². The molecule has 2 aromatic carbocycles. The lowest BCUT2D eigenvalue weighted by Gasteiger charge is -2.24. The molecule has 1 aliphatic heterocycles. The fourth-order valence-electron chi connectivity index (χ4n) is 3.28. The highest BCUT2D eigenvalue weighted by Gasteiger charge is 2.27. The topological polar surface area (TPSA) is 41.6 Å². The van der Waals surface area contributed by atoms with Crippen molar-refractivity contribution in [3.63, 3.8) is 0 Å². The van der Waals surface area contributed by atoms with Crippen LogP contribution in [-0.2, 0) is 4.79 Å². The molecule has 1 saturated heterocycles. The van der Waals surface area contributed by atoms with Gasteiger partial charge in [0.15, 0.2) is 0 Å². The standard InChI is InChI=1S/C20H23ClN2O2/c1-2-25-16-11-9-15(10-12-16)19-8-5-13-23(19)14-20(24)22-18-7-4-3-6-17(18)21/h3-4,6-7,9-12,19H,2,5,8,13-14H2,1H3,(H,22,24). The molecule has 0 aliphatic carbocycles. The maximum atomic E-state index is 12.4. The summed E-state index contributed by atoms with van der Waals surface area (Å²) in [7, 11) is 0. The summed E-state index contributed by atoms with van der Waals surface area (Å²) in [6.07, 6.45) is 2.16. The van der Waals surface area contributed by atoms with Crippen LogP contribution in [0.25, 0.3) is 0 Å². The maximum absolute atomic E-state index is 12.4. The number of halogens is 1. The zero-order valence-electron chi connectivity index (χ0n) is 14.4. The van der Waals surface area contributed by atoms with Crippen molar-refractivity contribution in [1.82, 2.24) is 4.90 Å². The molecule has 5 heteroatoms. The van der Waals surface area contributed by atoms with Crippen LogP contribution in [0.15, 0.2) is 48.5 Å². The highest BCUT2D eigenvalue weighted by Crippen LogP contribution is 2.32. The Hall–Kier alpha value is -2.04. The molecule has 1 fully saturated rings. The second kappa shape index (κ2) is 8.37. The number of para-hydroxylation sites is 1. The molecule has 1 heterocycles. The third kappa shape index (κ3) is 4.53. The molecule has 0 bridgehead atoms. The van der Waals surface area contributed by atoms with E-state index in [9.17, 15) is 4.79 Å². The molecule has 1 amide bonds. The summed E-state index contributed by atoms with van der Waals surface area (Å²) in [4.78, 5) is 14.6. The van der Waals surface area contributed by atoms with E-state index in [-0.39, 0.29) is 11.9 Å². The first-order valence-corrected chi connectivity index (χ1v) is 9.06. The van der Waals surface area contributed by atoms with Crippen LogP contribution < -0.4 is 10.1 Å². The lowest BCUT2D eigenvalue weighted by molar-refractivity contribution is -0.117. The number of hydrogen-bond acceptors (Lipinski definition) is 3. The molecule has 0 aromatic heterocycles. The molecular formula is C20H23ClN2O2. The van der Waals surface area contributed by atoms with E-state index in [0.29, 0.717) is 23.9 Å². The minimum Gasteiger partial charge on any atom is -0.494 e. The van der Waals surface area contributed by atoms with E-state index < -0.39 is 0 Å². The zero-order valence-corrected chi connectivity index (χ0v) is 15.1. The predicted molar refractivity (Wildman–Crippen MR) is 101 cm³/mol. The number of ether oxygens (including phenoxy) is 1. The van der Waals surface area contributed by atoms with Gasteiger partial charge in [-0.1, -0.05) is 35.9 Å². The quantitative estimate of drug-likeness (QED) is 0.825. The average molecular weight is 359 g/mol. The van der Waals surface area contributed by atoms with Crippen molar-refractivity contribution in [2.75, 3.05) is 25.0 Å². The molecule has 25 heavy (non-hydrogen) atoms. The lowest BCUT2D eigenvalue weighted by Crippen LogP contribution is -2.33. The minimum atomic E-state index is -0.0362. The Morgan fingerprint density at radius 3 is 2.72 bits per heavy atom. The SMILES string of the molecule is CCOc1ccc(C2CCCN2CC(=O)Nc2ccccc2Cl)cc1. The van der Waals surface area contributed by atoms with Crippen LogP contribution in [-0.4, -0.2) is 30.5 Å². The summed E-state index contributed by atoms with van der Waals surface area (Å²) in [5.41, 5.74) is 1.89. The number of rotatable bonds is 6. The Balaban J connectivity index is 1.63. The fraction of sp³-hybridized carbons (Fsp3) is 0.350. The molecule has 132 valence electrons. The van der Waals surface area contributed by atoms with Gasteiger partial charge >= 0.3 is 0 Å². The summed E-state index contributed by atoms with van der Waals surface area (Å²) in [6.45, 7) is 3.93. The number of hydrogen-bond donors (Lipinski definition) is 1. The second-order valence-corrected chi connectivity index (χ2v) is 6.57. The van der Waals surface area contributed by atoms with Crippen LogP contribution in [0.3, 0.4) is 0 Å². The highest BCUT2D eigenvalue weighted by atomic mass is 35.5. The van der Waals surface area contributed by atoms with E-state index in [0.717, 1.165) is 25.1 Å². The van der Waals surface area contributed by atoms with Crippen molar-refractivity contribution in [1.29, 1.82) is 0 Å². The summed E-state index contributed by atoms with van der Waals surface area (Å²) >= 11 is 6.11. The first-order valence-electron chi connectivity index (χ1n) is 8.68. The Morgan fingerprint density at radius 1 is 1.24 bits per heavy atom. The predicted octanol–water partition coefficient (Wildman–Crippen LogP) is 4.51. The van der Waals surface area contributed by atoms with Gasteiger partial charge in [-0.25, -0.2) is 0 Å². The highest BCUT2D eigenvalue weighted by molar-refractivity contribution is 6.33. The monoisotopic (exact) mass is 358 g/mol. The number of nitrogens with one attached hydrogen (secondary N) is 1. The molecule has 3 rings (SSSR count). The summed E-state index contributed by atoms with van der Waals surface area (Å²) < 4.78 is 5.50. The molecule has 0 radical (unpaired) electrons. The van der Waals surface area contributed by atoms with Crippen molar-refractivity contribution in [2.45, 2.75) is 25.8 Å². The third-order valence-electron chi connectivity index (χ3n) is 4.43. The first-order chi connectivity index (χ1) is 12.2. The van der Waals surface area contributed by atoms with Crippen LogP contribution in [0.5, 0.6) is 5.75 Å². The molecule has 1 atom stereocenters. The van der Waals surface area contributed by atoms with Gasteiger partial charge in [0.05, 0.1) is 23.9 Å². The van der Waals surface area contributed by atoms with Crippen LogP contribution in [0.1, 0.15) is 31.4 Å². The van der Waals surface area contributed by atoms with E-state index in [1.165, 1.54) is 5.56 Å². The van der Waals surface area contributed by atoms with Gasteiger partial charge in [-0.2, -0.15) is 0 Å². The van der Waals surface area contributed by atoms with Crippen LogP contribution in [0, 0.1) is 0 Å². The summed E-state index contributed by atoms with van der Waals surface area (Å²) in [5, 5.41) is 3.46.